The predicted molar refractivity (Wildman–Crippen MR) is 82.6 cm³/mol. The molecule has 0 atom stereocenters. The van der Waals surface area contributed by atoms with E-state index >= 15 is 0 Å². The number of piperidine rings is 2. The Balaban J connectivity index is 1.72. The number of likely N-dealkylation sites (tertiary alicyclic amines) is 2. The molecule has 0 aromatic heterocycles. The molecule has 2 fully saturated rings. The van der Waals surface area contributed by atoms with Crippen LogP contribution in [0.4, 0.5) is 0 Å². The Morgan fingerprint density at radius 3 is 2.21 bits per heavy atom. The molecule has 0 spiro atoms. The first-order chi connectivity index (χ1) is 9.11. The Kier molecular flexibility index (Phi) is 5.67. The smallest absolute Gasteiger partial charge is 0.0120 e. The van der Waals surface area contributed by atoms with E-state index in [9.17, 15) is 0 Å². The zero-order valence-electron chi connectivity index (χ0n) is 13.2. The zero-order valence-corrected chi connectivity index (χ0v) is 13.2. The van der Waals surface area contributed by atoms with Gasteiger partial charge in [-0.25, -0.2) is 0 Å². The molecule has 0 saturated carbocycles. The Labute approximate surface area is 119 Å². The van der Waals surface area contributed by atoms with Gasteiger partial charge in [0.15, 0.2) is 0 Å². The minimum absolute atomic E-state index is 0.396. The van der Waals surface area contributed by atoms with Gasteiger partial charge in [0.05, 0.1) is 0 Å². The fourth-order valence-corrected chi connectivity index (χ4v) is 3.87. The normalized spacial score (nSPS) is 24.8. The molecule has 0 aromatic carbocycles. The largest absolute Gasteiger partial charge is 0.319 e. The van der Waals surface area contributed by atoms with Gasteiger partial charge in [-0.1, -0.05) is 20.3 Å². The fourth-order valence-electron chi connectivity index (χ4n) is 3.87. The van der Waals surface area contributed by atoms with Crippen LogP contribution in [0, 0.1) is 5.41 Å². The highest BCUT2D eigenvalue weighted by molar-refractivity contribution is 4.84. The third-order valence-electron chi connectivity index (χ3n) is 4.77. The van der Waals surface area contributed by atoms with E-state index in [1.165, 1.54) is 64.8 Å². The summed E-state index contributed by atoms with van der Waals surface area (Å²) in [7, 11) is 2.06. The van der Waals surface area contributed by atoms with Gasteiger partial charge in [0.2, 0.25) is 0 Å². The van der Waals surface area contributed by atoms with Gasteiger partial charge in [0.25, 0.3) is 0 Å². The summed E-state index contributed by atoms with van der Waals surface area (Å²) in [6.07, 6.45) is 7.07. The van der Waals surface area contributed by atoms with E-state index < -0.39 is 0 Å². The van der Waals surface area contributed by atoms with Crippen molar-refractivity contribution in [3.05, 3.63) is 0 Å². The van der Waals surface area contributed by atoms with Gasteiger partial charge in [0, 0.05) is 19.1 Å². The molecule has 0 aliphatic carbocycles. The first kappa shape index (κ1) is 15.3. The van der Waals surface area contributed by atoms with Gasteiger partial charge in [0.1, 0.15) is 0 Å². The Hall–Kier alpha value is -0.120. The van der Waals surface area contributed by atoms with Gasteiger partial charge in [-0.15, -0.1) is 0 Å². The average molecular weight is 267 g/mol. The van der Waals surface area contributed by atoms with E-state index in [0.717, 1.165) is 12.6 Å². The molecule has 2 saturated heterocycles. The topological polar surface area (TPSA) is 18.5 Å². The highest BCUT2D eigenvalue weighted by Crippen LogP contribution is 2.23. The van der Waals surface area contributed by atoms with E-state index in [1.54, 1.807) is 0 Å². The lowest BCUT2D eigenvalue weighted by atomic mass is 9.91. The number of nitrogens with zero attached hydrogens (tertiary/aromatic N) is 2. The third-order valence-corrected chi connectivity index (χ3v) is 4.77. The van der Waals surface area contributed by atoms with Crippen LogP contribution in [0.1, 0.15) is 46.0 Å². The first-order valence-corrected chi connectivity index (χ1v) is 8.22. The molecule has 1 N–H and O–H groups in total. The summed E-state index contributed by atoms with van der Waals surface area (Å²) >= 11 is 0. The van der Waals surface area contributed by atoms with Crippen LogP contribution >= 0.6 is 0 Å². The molecule has 0 aromatic rings. The van der Waals surface area contributed by atoms with Crippen LogP contribution in [0.2, 0.25) is 0 Å². The fraction of sp³-hybridized carbons (Fsp3) is 1.00. The molecule has 0 unspecified atom stereocenters. The summed E-state index contributed by atoms with van der Waals surface area (Å²) in [5.41, 5.74) is 0.396. The summed E-state index contributed by atoms with van der Waals surface area (Å²) < 4.78 is 0. The zero-order chi connectivity index (χ0) is 13.7. The number of hydrogen-bond acceptors (Lipinski definition) is 3. The van der Waals surface area contributed by atoms with Crippen LogP contribution in [0.5, 0.6) is 0 Å². The van der Waals surface area contributed by atoms with Gasteiger partial charge in [-0.2, -0.15) is 0 Å². The van der Waals surface area contributed by atoms with Crippen molar-refractivity contribution in [3.63, 3.8) is 0 Å². The predicted octanol–water partition coefficient (Wildman–Crippen LogP) is 2.18. The minimum atomic E-state index is 0.396. The van der Waals surface area contributed by atoms with Crippen molar-refractivity contribution in [2.45, 2.75) is 52.0 Å². The second-order valence-corrected chi connectivity index (χ2v) is 7.30. The molecule has 2 aliphatic heterocycles. The van der Waals surface area contributed by atoms with Gasteiger partial charge in [-0.3, -0.25) is 0 Å². The summed E-state index contributed by atoms with van der Waals surface area (Å²) in [4.78, 5) is 5.44. The van der Waals surface area contributed by atoms with E-state index in [4.69, 9.17) is 0 Å². The summed E-state index contributed by atoms with van der Waals surface area (Å²) in [6.45, 7) is 12.4. The molecule has 112 valence electrons. The van der Waals surface area contributed by atoms with E-state index in [-0.39, 0.29) is 0 Å². The minimum Gasteiger partial charge on any atom is -0.319 e. The molecular formula is C16H33N3. The van der Waals surface area contributed by atoms with Crippen LogP contribution in [0.25, 0.3) is 0 Å². The van der Waals surface area contributed by atoms with Crippen LogP contribution in [-0.4, -0.2) is 62.2 Å². The molecule has 3 nitrogen and oxygen atoms in total. The quantitative estimate of drug-likeness (QED) is 0.824. The van der Waals surface area contributed by atoms with E-state index in [0.29, 0.717) is 5.41 Å². The third kappa shape index (κ3) is 4.73. The monoisotopic (exact) mass is 267 g/mol. The van der Waals surface area contributed by atoms with E-state index in [1.807, 2.05) is 0 Å². The maximum Gasteiger partial charge on any atom is 0.0120 e. The molecule has 19 heavy (non-hydrogen) atoms. The standard InChI is InChI=1S/C16H33N3/c1-16(2,13-17-3)14-18-11-7-15(8-12-18)19-9-5-4-6-10-19/h15,17H,4-14H2,1-3H3. The number of rotatable bonds is 5. The van der Waals surface area contributed by atoms with Crippen molar-refractivity contribution in [1.82, 2.24) is 15.1 Å². The maximum atomic E-state index is 3.32. The molecule has 2 heterocycles. The van der Waals surface area contributed by atoms with Gasteiger partial charge < -0.3 is 15.1 Å². The molecule has 0 bridgehead atoms. The van der Waals surface area contributed by atoms with Crippen molar-refractivity contribution >= 4 is 0 Å². The SMILES string of the molecule is CNCC(C)(C)CN1CCC(N2CCCCC2)CC1. The van der Waals surface area contributed by atoms with Gasteiger partial charge in [-0.05, 0) is 64.3 Å². The molecule has 3 heteroatoms. The number of hydrogen-bond donors (Lipinski definition) is 1. The van der Waals surface area contributed by atoms with Crippen molar-refractivity contribution in [2.75, 3.05) is 46.3 Å². The Morgan fingerprint density at radius 1 is 1.00 bits per heavy atom. The van der Waals surface area contributed by atoms with Crippen LogP contribution in [0.3, 0.4) is 0 Å². The van der Waals surface area contributed by atoms with Crippen LogP contribution in [0.15, 0.2) is 0 Å². The number of nitrogens with one attached hydrogen (secondary N) is 1. The second-order valence-electron chi connectivity index (χ2n) is 7.30. The molecular weight excluding hydrogens is 234 g/mol. The lowest BCUT2D eigenvalue weighted by Crippen LogP contribution is -2.49. The van der Waals surface area contributed by atoms with E-state index in [2.05, 4.69) is 36.0 Å². The Bertz CT molecular complexity index is 251. The maximum absolute atomic E-state index is 3.32. The summed E-state index contributed by atoms with van der Waals surface area (Å²) in [5.74, 6) is 0. The van der Waals surface area contributed by atoms with Gasteiger partial charge >= 0.3 is 0 Å². The van der Waals surface area contributed by atoms with Crippen molar-refractivity contribution in [1.29, 1.82) is 0 Å². The molecule has 0 amide bonds. The molecule has 2 rings (SSSR count). The van der Waals surface area contributed by atoms with Crippen molar-refractivity contribution < 1.29 is 0 Å². The van der Waals surface area contributed by atoms with Crippen LogP contribution in [-0.2, 0) is 0 Å². The van der Waals surface area contributed by atoms with Crippen LogP contribution < -0.4 is 5.32 Å². The van der Waals surface area contributed by atoms with Crippen molar-refractivity contribution in [2.24, 2.45) is 5.41 Å². The molecule has 2 aliphatic rings. The molecule has 0 radical (unpaired) electrons. The first-order valence-electron chi connectivity index (χ1n) is 8.22. The Morgan fingerprint density at radius 2 is 1.63 bits per heavy atom. The summed E-state index contributed by atoms with van der Waals surface area (Å²) in [6, 6.07) is 0.879. The van der Waals surface area contributed by atoms with Crippen molar-refractivity contribution in [3.8, 4) is 0 Å². The lowest BCUT2D eigenvalue weighted by Gasteiger charge is -2.42. The average Bonchev–Trinajstić information content (AvgIpc) is 2.40. The summed E-state index contributed by atoms with van der Waals surface area (Å²) in [5, 5.41) is 3.32. The lowest BCUT2D eigenvalue weighted by molar-refractivity contribution is 0.0743. The highest BCUT2D eigenvalue weighted by atomic mass is 15.2. The highest BCUT2D eigenvalue weighted by Gasteiger charge is 2.28. The second kappa shape index (κ2) is 7.05.